The highest BCUT2D eigenvalue weighted by Gasteiger charge is 2.05. The fourth-order valence-corrected chi connectivity index (χ4v) is 2.85. The van der Waals surface area contributed by atoms with Crippen LogP contribution in [0.4, 0.5) is 0 Å². The van der Waals surface area contributed by atoms with Crippen molar-refractivity contribution >= 4 is 27.5 Å². The van der Waals surface area contributed by atoms with Crippen molar-refractivity contribution in [1.29, 1.82) is 0 Å². The second kappa shape index (κ2) is 6.48. The van der Waals surface area contributed by atoms with Crippen LogP contribution >= 0.6 is 11.3 Å². The zero-order valence-corrected chi connectivity index (χ0v) is 12.1. The van der Waals surface area contributed by atoms with E-state index in [-0.39, 0.29) is 5.91 Å². The van der Waals surface area contributed by atoms with Crippen LogP contribution in [0.2, 0.25) is 0 Å². The maximum atomic E-state index is 11.8. The molecule has 19 heavy (non-hydrogen) atoms. The number of carbonyl (C=O) groups excluding carboxylic acids is 1. The van der Waals surface area contributed by atoms with E-state index in [0.717, 1.165) is 23.6 Å². The minimum absolute atomic E-state index is 0.0751. The Morgan fingerprint density at radius 2 is 2.05 bits per heavy atom. The molecule has 0 spiro atoms. The normalized spacial score (nSPS) is 11.3. The van der Waals surface area contributed by atoms with Crippen LogP contribution in [0.1, 0.15) is 18.9 Å². The average Bonchev–Trinajstić information content (AvgIpc) is 2.82. The number of nitrogens with zero attached hydrogens (tertiary/aromatic N) is 2. The maximum Gasteiger partial charge on any atom is 0.246 e. The molecule has 3 nitrogen and oxygen atoms in total. The van der Waals surface area contributed by atoms with E-state index in [1.807, 2.05) is 38.1 Å². The predicted molar refractivity (Wildman–Crippen MR) is 80.4 cm³/mol. The standard InChI is InChI=1S/C15H18N2OS/c1-3-17(4-2)15(18)11-7-10-14-16-12-8-5-6-9-13(12)19-14/h5-9,11H,3-4,10H2,1-2H3. The molecule has 0 saturated carbocycles. The number of thiazole rings is 1. The SMILES string of the molecule is CCN(CC)C(=O)C=CCc1nc2ccccc2s1. The van der Waals surface area contributed by atoms with E-state index in [2.05, 4.69) is 11.1 Å². The van der Waals surface area contributed by atoms with Crippen molar-refractivity contribution in [3.63, 3.8) is 0 Å². The molecule has 1 aromatic carbocycles. The highest BCUT2D eigenvalue weighted by atomic mass is 32.1. The van der Waals surface area contributed by atoms with Gasteiger partial charge in [-0.25, -0.2) is 4.98 Å². The maximum absolute atomic E-state index is 11.8. The Bertz CT molecular complexity index is 552. The fourth-order valence-electron chi connectivity index (χ4n) is 1.91. The Labute approximate surface area is 117 Å². The average molecular weight is 274 g/mol. The van der Waals surface area contributed by atoms with Crippen molar-refractivity contribution < 1.29 is 4.79 Å². The Balaban J connectivity index is 2.00. The fraction of sp³-hybridized carbons (Fsp3) is 0.333. The van der Waals surface area contributed by atoms with Crippen LogP contribution in [-0.2, 0) is 11.2 Å². The minimum atomic E-state index is 0.0751. The molecule has 0 N–H and O–H groups in total. The number of likely N-dealkylation sites (N-methyl/N-ethyl adjacent to an activating group) is 1. The van der Waals surface area contributed by atoms with E-state index in [1.54, 1.807) is 22.3 Å². The van der Waals surface area contributed by atoms with Gasteiger partial charge in [-0.1, -0.05) is 18.2 Å². The van der Waals surface area contributed by atoms with Crippen molar-refractivity contribution in [1.82, 2.24) is 9.88 Å². The Morgan fingerprint density at radius 1 is 1.32 bits per heavy atom. The topological polar surface area (TPSA) is 33.2 Å². The van der Waals surface area contributed by atoms with E-state index in [4.69, 9.17) is 0 Å². The van der Waals surface area contributed by atoms with Crippen LogP contribution in [0.15, 0.2) is 36.4 Å². The van der Waals surface area contributed by atoms with Crippen LogP contribution in [0.25, 0.3) is 10.2 Å². The molecule has 0 unspecified atom stereocenters. The largest absolute Gasteiger partial charge is 0.340 e. The van der Waals surface area contributed by atoms with Crippen molar-refractivity contribution in [3.8, 4) is 0 Å². The zero-order chi connectivity index (χ0) is 13.7. The van der Waals surface area contributed by atoms with Crippen LogP contribution in [-0.4, -0.2) is 28.9 Å². The number of amides is 1. The van der Waals surface area contributed by atoms with E-state index < -0.39 is 0 Å². The summed E-state index contributed by atoms with van der Waals surface area (Å²) in [6.45, 7) is 5.48. The number of hydrogen-bond donors (Lipinski definition) is 0. The summed E-state index contributed by atoms with van der Waals surface area (Å²) in [6, 6.07) is 8.09. The first-order valence-corrected chi connectivity index (χ1v) is 7.36. The van der Waals surface area contributed by atoms with Crippen LogP contribution in [0, 0.1) is 0 Å². The lowest BCUT2D eigenvalue weighted by Crippen LogP contribution is -2.28. The van der Waals surface area contributed by atoms with Gasteiger partial charge in [-0.15, -0.1) is 11.3 Å². The molecule has 0 saturated heterocycles. The lowest BCUT2D eigenvalue weighted by Gasteiger charge is -2.15. The first-order valence-electron chi connectivity index (χ1n) is 6.54. The summed E-state index contributed by atoms with van der Waals surface area (Å²) in [7, 11) is 0. The summed E-state index contributed by atoms with van der Waals surface area (Å²) in [6.07, 6.45) is 4.27. The second-order valence-electron chi connectivity index (χ2n) is 4.19. The van der Waals surface area contributed by atoms with E-state index in [9.17, 15) is 4.79 Å². The molecule has 0 radical (unpaired) electrons. The van der Waals surface area contributed by atoms with Gasteiger partial charge in [-0.05, 0) is 32.1 Å². The number of fused-ring (bicyclic) bond motifs is 1. The molecule has 0 bridgehead atoms. The molecule has 1 amide bonds. The molecule has 4 heteroatoms. The van der Waals surface area contributed by atoms with Gasteiger partial charge >= 0.3 is 0 Å². The number of para-hydroxylation sites is 1. The smallest absolute Gasteiger partial charge is 0.246 e. The monoisotopic (exact) mass is 274 g/mol. The van der Waals surface area contributed by atoms with Gasteiger partial charge in [-0.2, -0.15) is 0 Å². The Morgan fingerprint density at radius 3 is 2.74 bits per heavy atom. The van der Waals surface area contributed by atoms with Gasteiger partial charge in [0, 0.05) is 19.5 Å². The highest BCUT2D eigenvalue weighted by molar-refractivity contribution is 7.18. The summed E-state index contributed by atoms with van der Waals surface area (Å²) in [4.78, 5) is 18.1. The summed E-state index contributed by atoms with van der Waals surface area (Å²) in [5, 5.41) is 1.05. The molecule has 0 aliphatic rings. The molecule has 1 aromatic heterocycles. The third-order valence-corrected chi connectivity index (χ3v) is 4.02. The second-order valence-corrected chi connectivity index (χ2v) is 5.31. The van der Waals surface area contributed by atoms with Gasteiger partial charge in [0.1, 0.15) is 0 Å². The first-order chi connectivity index (χ1) is 9.24. The predicted octanol–water partition coefficient (Wildman–Crippen LogP) is 3.26. The van der Waals surface area contributed by atoms with Crippen molar-refractivity contribution in [2.24, 2.45) is 0 Å². The number of benzene rings is 1. The molecule has 2 aromatic rings. The Kier molecular flexibility index (Phi) is 4.68. The van der Waals surface area contributed by atoms with E-state index >= 15 is 0 Å². The van der Waals surface area contributed by atoms with Crippen molar-refractivity contribution in [2.75, 3.05) is 13.1 Å². The molecule has 0 aliphatic carbocycles. The van der Waals surface area contributed by atoms with Gasteiger partial charge in [0.25, 0.3) is 0 Å². The highest BCUT2D eigenvalue weighted by Crippen LogP contribution is 2.21. The molecule has 0 aliphatic heterocycles. The third-order valence-electron chi connectivity index (χ3n) is 2.97. The molecule has 2 rings (SSSR count). The first kappa shape index (κ1) is 13.7. The zero-order valence-electron chi connectivity index (χ0n) is 11.3. The number of hydrogen-bond acceptors (Lipinski definition) is 3. The van der Waals surface area contributed by atoms with Gasteiger partial charge in [0.05, 0.1) is 15.2 Å². The quantitative estimate of drug-likeness (QED) is 0.784. The van der Waals surface area contributed by atoms with Gasteiger partial charge in [0.15, 0.2) is 0 Å². The number of aromatic nitrogens is 1. The van der Waals surface area contributed by atoms with Gasteiger partial charge < -0.3 is 4.90 Å². The van der Waals surface area contributed by atoms with Crippen molar-refractivity contribution in [3.05, 3.63) is 41.4 Å². The summed E-state index contributed by atoms with van der Waals surface area (Å²) in [5.74, 6) is 0.0751. The molecule has 100 valence electrons. The molecule has 0 atom stereocenters. The number of rotatable bonds is 5. The number of carbonyl (C=O) groups is 1. The van der Waals surface area contributed by atoms with E-state index in [1.165, 1.54) is 4.70 Å². The Hall–Kier alpha value is -1.68. The minimum Gasteiger partial charge on any atom is -0.340 e. The van der Waals surface area contributed by atoms with E-state index in [0.29, 0.717) is 6.42 Å². The molecule has 0 fully saturated rings. The van der Waals surface area contributed by atoms with Crippen LogP contribution < -0.4 is 0 Å². The van der Waals surface area contributed by atoms with Gasteiger partial charge in [0.2, 0.25) is 5.91 Å². The summed E-state index contributed by atoms with van der Waals surface area (Å²) < 4.78 is 1.20. The lowest BCUT2D eigenvalue weighted by atomic mass is 10.3. The van der Waals surface area contributed by atoms with Gasteiger partial charge in [-0.3, -0.25) is 4.79 Å². The molecular weight excluding hydrogens is 256 g/mol. The molecule has 1 heterocycles. The number of allylic oxidation sites excluding steroid dienone is 1. The third kappa shape index (κ3) is 3.41. The molecular formula is C15H18N2OS. The van der Waals surface area contributed by atoms with Crippen LogP contribution in [0.5, 0.6) is 0 Å². The summed E-state index contributed by atoms with van der Waals surface area (Å²) >= 11 is 1.68. The summed E-state index contributed by atoms with van der Waals surface area (Å²) in [5.41, 5.74) is 1.03. The lowest BCUT2D eigenvalue weighted by molar-refractivity contribution is -0.125. The van der Waals surface area contributed by atoms with Crippen molar-refractivity contribution in [2.45, 2.75) is 20.3 Å². The van der Waals surface area contributed by atoms with Crippen LogP contribution in [0.3, 0.4) is 0 Å².